The summed E-state index contributed by atoms with van der Waals surface area (Å²) in [6.07, 6.45) is 6.34. The topological polar surface area (TPSA) is 26.0 Å². The van der Waals surface area contributed by atoms with Gasteiger partial charge >= 0.3 is 0 Å². The van der Waals surface area contributed by atoms with E-state index in [1.54, 1.807) is 0 Å². The van der Waals surface area contributed by atoms with Crippen molar-refractivity contribution in [1.82, 2.24) is 0 Å². The highest BCUT2D eigenvalue weighted by molar-refractivity contribution is 5.53. The first-order chi connectivity index (χ1) is 6.74. The second-order valence-corrected chi connectivity index (χ2v) is 3.71. The van der Waals surface area contributed by atoms with E-state index < -0.39 is 0 Å². The quantitative estimate of drug-likeness (QED) is 0.774. The number of hydrogen-bond acceptors (Lipinski definition) is 1. The van der Waals surface area contributed by atoms with Gasteiger partial charge in [-0.2, -0.15) is 0 Å². The highest BCUT2D eigenvalue weighted by atomic mass is 14.6. The van der Waals surface area contributed by atoms with Gasteiger partial charge in [0.15, 0.2) is 0 Å². The lowest BCUT2D eigenvalue weighted by Crippen LogP contribution is -2.15. The molecule has 0 spiro atoms. The molecule has 1 rings (SSSR count). The minimum atomic E-state index is 0.286. The molecular weight excluding hydrogens is 170 g/mol. The Morgan fingerprint density at radius 1 is 1.36 bits per heavy atom. The summed E-state index contributed by atoms with van der Waals surface area (Å²) in [4.78, 5) is 0. The van der Waals surface area contributed by atoms with Crippen molar-refractivity contribution >= 4 is 6.08 Å². The van der Waals surface area contributed by atoms with Gasteiger partial charge in [-0.1, -0.05) is 36.4 Å². The fraction of sp³-hybridized carbons (Fsp3) is 0.385. The lowest BCUT2D eigenvalue weighted by molar-refractivity contribution is 0.666. The zero-order valence-corrected chi connectivity index (χ0v) is 9.03. The lowest BCUT2D eigenvalue weighted by Gasteiger charge is -2.07. The molecule has 1 atom stereocenters. The van der Waals surface area contributed by atoms with Crippen molar-refractivity contribution in [2.75, 3.05) is 0 Å². The number of hydrogen-bond donors (Lipinski definition) is 1. The molecule has 1 heteroatoms. The standard InChI is InChI=1S/C13H19N/c1-3-6-12-7-4-5-8-13(12)10-9-11(2)14/h3-8,11H,9-10,14H2,1-2H3/b6-3+. The highest BCUT2D eigenvalue weighted by Gasteiger charge is 2.00. The van der Waals surface area contributed by atoms with Crippen molar-refractivity contribution in [3.63, 3.8) is 0 Å². The van der Waals surface area contributed by atoms with Gasteiger partial charge in [0.25, 0.3) is 0 Å². The Labute approximate surface area is 86.6 Å². The summed E-state index contributed by atoms with van der Waals surface area (Å²) >= 11 is 0. The molecule has 1 nitrogen and oxygen atoms in total. The normalized spacial score (nSPS) is 13.4. The van der Waals surface area contributed by atoms with Gasteiger partial charge in [-0.3, -0.25) is 0 Å². The molecule has 0 saturated heterocycles. The Bertz CT molecular complexity index is 300. The Hall–Kier alpha value is -1.08. The first-order valence-corrected chi connectivity index (χ1v) is 5.20. The van der Waals surface area contributed by atoms with Crippen LogP contribution in [0.25, 0.3) is 6.08 Å². The molecule has 0 bridgehead atoms. The van der Waals surface area contributed by atoms with Crippen LogP contribution < -0.4 is 5.73 Å². The zero-order chi connectivity index (χ0) is 10.4. The van der Waals surface area contributed by atoms with Crippen molar-refractivity contribution in [2.24, 2.45) is 5.73 Å². The molecular formula is C13H19N. The summed E-state index contributed by atoms with van der Waals surface area (Å²) in [5.74, 6) is 0. The van der Waals surface area contributed by atoms with Crippen LogP contribution in [-0.4, -0.2) is 6.04 Å². The lowest BCUT2D eigenvalue weighted by atomic mass is 10.0. The summed E-state index contributed by atoms with van der Waals surface area (Å²) in [6, 6.07) is 8.77. The molecule has 0 heterocycles. The third-order valence-corrected chi connectivity index (χ3v) is 2.27. The summed E-state index contributed by atoms with van der Waals surface area (Å²) < 4.78 is 0. The van der Waals surface area contributed by atoms with Crippen molar-refractivity contribution in [1.29, 1.82) is 0 Å². The number of nitrogens with two attached hydrogens (primary N) is 1. The third-order valence-electron chi connectivity index (χ3n) is 2.27. The van der Waals surface area contributed by atoms with Gasteiger partial charge in [-0.15, -0.1) is 0 Å². The Morgan fingerprint density at radius 3 is 2.71 bits per heavy atom. The van der Waals surface area contributed by atoms with E-state index in [4.69, 9.17) is 5.73 Å². The number of aryl methyl sites for hydroxylation is 1. The predicted octanol–water partition coefficient (Wildman–Crippen LogP) is 3.00. The monoisotopic (exact) mass is 189 g/mol. The summed E-state index contributed by atoms with van der Waals surface area (Å²) in [6.45, 7) is 4.10. The van der Waals surface area contributed by atoms with E-state index in [1.807, 2.05) is 6.92 Å². The van der Waals surface area contributed by atoms with Crippen LogP contribution in [0.2, 0.25) is 0 Å². The largest absolute Gasteiger partial charge is 0.328 e. The van der Waals surface area contributed by atoms with E-state index in [1.165, 1.54) is 11.1 Å². The molecule has 2 N–H and O–H groups in total. The van der Waals surface area contributed by atoms with Crippen molar-refractivity contribution in [3.05, 3.63) is 41.5 Å². The SMILES string of the molecule is C/C=C/c1ccccc1CCC(C)N. The van der Waals surface area contributed by atoms with Crippen LogP contribution in [0.4, 0.5) is 0 Å². The second kappa shape index (κ2) is 5.61. The molecule has 1 aromatic carbocycles. The minimum absolute atomic E-state index is 0.286. The third kappa shape index (κ3) is 3.35. The molecule has 1 aromatic rings. The number of rotatable bonds is 4. The average Bonchev–Trinajstić information content (AvgIpc) is 2.17. The van der Waals surface area contributed by atoms with Crippen LogP contribution in [0, 0.1) is 0 Å². The molecule has 0 aliphatic heterocycles. The molecule has 0 aliphatic carbocycles. The van der Waals surface area contributed by atoms with Crippen LogP contribution in [-0.2, 0) is 6.42 Å². The maximum atomic E-state index is 5.75. The predicted molar refractivity (Wildman–Crippen MR) is 63.1 cm³/mol. The van der Waals surface area contributed by atoms with Gasteiger partial charge in [-0.05, 0) is 37.8 Å². The Balaban J connectivity index is 2.74. The molecule has 0 fully saturated rings. The van der Waals surface area contributed by atoms with E-state index in [9.17, 15) is 0 Å². The van der Waals surface area contributed by atoms with E-state index in [2.05, 4.69) is 43.3 Å². The molecule has 0 radical (unpaired) electrons. The average molecular weight is 189 g/mol. The van der Waals surface area contributed by atoms with Crippen molar-refractivity contribution in [3.8, 4) is 0 Å². The molecule has 76 valence electrons. The van der Waals surface area contributed by atoms with Crippen LogP contribution in [0.15, 0.2) is 30.3 Å². The van der Waals surface area contributed by atoms with Gasteiger partial charge in [0.05, 0.1) is 0 Å². The van der Waals surface area contributed by atoms with E-state index >= 15 is 0 Å². The van der Waals surface area contributed by atoms with E-state index in [0.717, 1.165) is 12.8 Å². The molecule has 0 saturated carbocycles. The van der Waals surface area contributed by atoms with E-state index in [0.29, 0.717) is 0 Å². The van der Waals surface area contributed by atoms with Crippen LogP contribution >= 0.6 is 0 Å². The van der Waals surface area contributed by atoms with Crippen LogP contribution in [0.5, 0.6) is 0 Å². The van der Waals surface area contributed by atoms with Crippen LogP contribution in [0.3, 0.4) is 0 Å². The first-order valence-electron chi connectivity index (χ1n) is 5.20. The van der Waals surface area contributed by atoms with Gasteiger partial charge in [0.2, 0.25) is 0 Å². The van der Waals surface area contributed by atoms with Crippen molar-refractivity contribution < 1.29 is 0 Å². The van der Waals surface area contributed by atoms with Crippen molar-refractivity contribution in [2.45, 2.75) is 32.7 Å². The summed E-state index contributed by atoms with van der Waals surface area (Å²) in [5.41, 5.74) is 8.45. The van der Waals surface area contributed by atoms with E-state index in [-0.39, 0.29) is 6.04 Å². The maximum absolute atomic E-state index is 5.75. The molecule has 0 amide bonds. The number of allylic oxidation sites excluding steroid dienone is 1. The molecule has 0 aromatic heterocycles. The summed E-state index contributed by atoms with van der Waals surface area (Å²) in [7, 11) is 0. The fourth-order valence-corrected chi connectivity index (χ4v) is 1.49. The Morgan fingerprint density at radius 2 is 2.07 bits per heavy atom. The second-order valence-electron chi connectivity index (χ2n) is 3.71. The van der Waals surface area contributed by atoms with Crippen LogP contribution in [0.1, 0.15) is 31.4 Å². The molecule has 14 heavy (non-hydrogen) atoms. The van der Waals surface area contributed by atoms with Gasteiger partial charge in [0, 0.05) is 6.04 Å². The summed E-state index contributed by atoms with van der Waals surface area (Å²) in [5, 5.41) is 0. The maximum Gasteiger partial charge on any atom is 0.00136 e. The zero-order valence-electron chi connectivity index (χ0n) is 9.03. The minimum Gasteiger partial charge on any atom is -0.328 e. The van der Waals surface area contributed by atoms with Gasteiger partial charge < -0.3 is 5.73 Å². The first kappa shape index (κ1) is 11.0. The molecule has 0 aliphatic rings. The number of benzene rings is 1. The molecule has 1 unspecified atom stereocenters. The smallest absolute Gasteiger partial charge is 0.00136 e. The van der Waals surface area contributed by atoms with Gasteiger partial charge in [-0.25, -0.2) is 0 Å². The highest BCUT2D eigenvalue weighted by Crippen LogP contribution is 2.13. The fourth-order valence-electron chi connectivity index (χ4n) is 1.49. The Kier molecular flexibility index (Phi) is 4.41. The van der Waals surface area contributed by atoms with Gasteiger partial charge in [0.1, 0.15) is 0 Å².